The largest absolute Gasteiger partial charge is 0.495 e. The van der Waals surface area contributed by atoms with E-state index in [-0.39, 0.29) is 22.3 Å². The SMILES string of the molecule is COc1ccc(C(=O)Nc2ccc(Br)cc2)cc1S(=O)(=O)N1c2ccccc2C[C@H]1C. The zero-order valence-electron chi connectivity index (χ0n) is 17.0. The number of anilines is 2. The Balaban J connectivity index is 1.72. The fraction of sp³-hybridized carbons (Fsp3) is 0.174. The summed E-state index contributed by atoms with van der Waals surface area (Å²) >= 11 is 3.35. The topological polar surface area (TPSA) is 75.7 Å². The number of sulfonamides is 1. The van der Waals surface area contributed by atoms with Crippen molar-refractivity contribution in [3.63, 3.8) is 0 Å². The molecule has 0 aromatic heterocycles. The molecule has 0 bridgehead atoms. The number of nitrogens with zero attached hydrogens (tertiary/aromatic N) is 1. The summed E-state index contributed by atoms with van der Waals surface area (Å²) in [5, 5.41) is 2.79. The van der Waals surface area contributed by atoms with Crippen LogP contribution < -0.4 is 14.4 Å². The average Bonchev–Trinajstić information content (AvgIpc) is 3.11. The summed E-state index contributed by atoms with van der Waals surface area (Å²) in [5.74, 6) is -0.215. The first-order valence-corrected chi connectivity index (χ1v) is 11.9. The molecule has 31 heavy (non-hydrogen) atoms. The number of carbonyl (C=O) groups is 1. The lowest BCUT2D eigenvalue weighted by atomic mass is 10.1. The average molecular weight is 501 g/mol. The highest BCUT2D eigenvalue weighted by atomic mass is 79.9. The number of amides is 1. The third-order valence-corrected chi connectivity index (χ3v) is 7.69. The Kier molecular flexibility index (Phi) is 5.77. The number of carbonyl (C=O) groups excluding carboxylic acids is 1. The second-order valence-corrected chi connectivity index (χ2v) is 10.0. The molecule has 1 aliphatic rings. The number of methoxy groups -OCH3 is 1. The number of hydrogen-bond acceptors (Lipinski definition) is 4. The van der Waals surface area contributed by atoms with E-state index in [9.17, 15) is 13.2 Å². The van der Waals surface area contributed by atoms with Crippen LogP contribution in [0.5, 0.6) is 5.75 Å². The van der Waals surface area contributed by atoms with Crippen LogP contribution in [0, 0.1) is 0 Å². The highest BCUT2D eigenvalue weighted by molar-refractivity contribution is 9.10. The molecule has 160 valence electrons. The highest BCUT2D eigenvalue weighted by Crippen LogP contribution is 2.39. The van der Waals surface area contributed by atoms with E-state index in [0.717, 1.165) is 10.0 Å². The summed E-state index contributed by atoms with van der Waals surface area (Å²) in [6.45, 7) is 1.87. The Labute approximate surface area is 190 Å². The fourth-order valence-corrected chi connectivity index (χ4v) is 5.91. The molecule has 3 aromatic carbocycles. The summed E-state index contributed by atoms with van der Waals surface area (Å²) in [5.41, 5.74) is 2.46. The monoisotopic (exact) mass is 500 g/mol. The van der Waals surface area contributed by atoms with Crippen LogP contribution in [-0.4, -0.2) is 27.5 Å². The van der Waals surface area contributed by atoms with Gasteiger partial charge in [0.05, 0.1) is 12.8 Å². The Hall–Kier alpha value is -2.84. The minimum absolute atomic E-state index is 0.0398. The first-order valence-electron chi connectivity index (χ1n) is 9.68. The summed E-state index contributed by atoms with van der Waals surface area (Å²) in [6, 6.07) is 18.8. The second kappa shape index (κ2) is 8.36. The van der Waals surface area contributed by atoms with Gasteiger partial charge in [0.15, 0.2) is 0 Å². The first kappa shape index (κ1) is 21.4. The quantitative estimate of drug-likeness (QED) is 0.543. The van der Waals surface area contributed by atoms with Crippen LogP contribution in [0.25, 0.3) is 0 Å². The van der Waals surface area contributed by atoms with E-state index in [1.165, 1.54) is 23.5 Å². The number of benzene rings is 3. The lowest BCUT2D eigenvalue weighted by Gasteiger charge is -2.25. The molecule has 0 radical (unpaired) electrons. The number of halogens is 1. The Morgan fingerprint density at radius 1 is 1.10 bits per heavy atom. The molecule has 0 aliphatic carbocycles. The summed E-state index contributed by atoms with van der Waals surface area (Å²) in [7, 11) is -2.54. The van der Waals surface area contributed by atoms with Gasteiger partial charge in [-0.3, -0.25) is 9.10 Å². The van der Waals surface area contributed by atoms with Crippen molar-refractivity contribution in [1.29, 1.82) is 0 Å². The van der Waals surface area contributed by atoms with E-state index in [1.54, 1.807) is 24.3 Å². The van der Waals surface area contributed by atoms with Crippen LogP contribution in [0.2, 0.25) is 0 Å². The van der Waals surface area contributed by atoms with Crippen molar-refractivity contribution in [3.05, 3.63) is 82.3 Å². The standard InChI is InChI=1S/C23H21BrN2O4S/c1-15-13-16-5-3-4-6-20(16)26(15)31(28,29)22-14-17(7-12-21(22)30-2)23(27)25-19-10-8-18(24)9-11-19/h3-12,14-15H,13H2,1-2H3,(H,25,27)/t15-/m1/s1. The molecule has 0 saturated carbocycles. The van der Waals surface area contributed by atoms with Crippen LogP contribution >= 0.6 is 15.9 Å². The van der Waals surface area contributed by atoms with Crippen molar-refractivity contribution < 1.29 is 17.9 Å². The molecule has 0 unspecified atom stereocenters. The van der Waals surface area contributed by atoms with Crippen LogP contribution in [-0.2, 0) is 16.4 Å². The van der Waals surface area contributed by atoms with Crippen molar-refractivity contribution in [2.75, 3.05) is 16.7 Å². The molecule has 3 aromatic rings. The van der Waals surface area contributed by atoms with Gasteiger partial charge in [-0.2, -0.15) is 0 Å². The second-order valence-electron chi connectivity index (χ2n) is 7.31. The van der Waals surface area contributed by atoms with Gasteiger partial charge in [0.2, 0.25) is 0 Å². The Morgan fingerprint density at radius 3 is 2.52 bits per heavy atom. The molecule has 6 nitrogen and oxygen atoms in total. The van der Waals surface area contributed by atoms with Crippen molar-refractivity contribution in [2.24, 2.45) is 0 Å². The first-order chi connectivity index (χ1) is 14.8. The molecule has 8 heteroatoms. The molecule has 1 amide bonds. The van der Waals surface area contributed by atoms with Crippen LogP contribution in [0.15, 0.2) is 76.1 Å². The van der Waals surface area contributed by atoms with Crippen LogP contribution in [0.4, 0.5) is 11.4 Å². The fourth-order valence-electron chi connectivity index (χ4n) is 3.77. The van der Waals surface area contributed by atoms with Crippen molar-refractivity contribution >= 4 is 43.2 Å². The van der Waals surface area contributed by atoms with E-state index in [0.29, 0.717) is 17.8 Å². The number of para-hydroxylation sites is 1. The van der Waals surface area contributed by atoms with E-state index in [4.69, 9.17) is 4.74 Å². The van der Waals surface area contributed by atoms with E-state index in [1.807, 2.05) is 37.3 Å². The third kappa shape index (κ3) is 4.05. The predicted molar refractivity (Wildman–Crippen MR) is 124 cm³/mol. The zero-order chi connectivity index (χ0) is 22.2. The summed E-state index contributed by atoms with van der Waals surface area (Å²) in [4.78, 5) is 12.7. The summed E-state index contributed by atoms with van der Waals surface area (Å²) < 4.78 is 35.0. The number of hydrogen-bond donors (Lipinski definition) is 1. The normalized spacial score (nSPS) is 15.5. The van der Waals surface area contributed by atoms with Crippen molar-refractivity contribution in [1.82, 2.24) is 0 Å². The molecular formula is C23H21BrN2O4S. The minimum atomic E-state index is -3.96. The van der Waals surface area contributed by atoms with Gasteiger partial charge in [0.25, 0.3) is 15.9 Å². The lowest BCUT2D eigenvalue weighted by molar-refractivity contribution is 0.102. The van der Waals surface area contributed by atoms with Crippen molar-refractivity contribution in [2.45, 2.75) is 24.3 Å². The maximum atomic E-state index is 13.7. The van der Waals surface area contributed by atoms with Gasteiger partial charge in [-0.1, -0.05) is 34.1 Å². The number of ether oxygens (including phenoxy) is 1. The third-order valence-electron chi connectivity index (χ3n) is 5.21. The maximum Gasteiger partial charge on any atom is 0.268 e. The molecule has 0 spiro atoms. The van der Waals surface area contributed by atoms with E-state index in [2.05, 4.69) is 21.2 Å². The zero-order valence-corrected chi connectivity index (χ0v) is 19.4. The smallest absolute Gasteiger partial charge is 0.268 e. The van der Waals surface area contributed by atoms with Crippen LogP contribution in [0.3, 0.4) is 0 Å². The maximum absolute atomic E-state index is 13.7. The molecule has 0 fully saturated rings. The molecule has 1 atom stereocenters. The molecule has 1 aliphatic heterocycles. The van der Waals surface area contributed by atoms with Gasteiger partial charge < -0.3 is 10.1 Å². The molecule has 1 N–H and O–H groups in total. The van der Waals surface area contributed by atoms with E-state index >= 15 is 0 Å². The molecule has 1 heterocycles. The van der Waals surface area contributed by atoms with Gasteiger partial charge in [-0.15, -0.1) is 0 Å². The summed E-state index contributed by atoms with van der Waals surface area (Å²) in [6.07, 6.45) is 0.626. The Morgan fingerprint density at radius 2 is 1.81 bits per heavy atom. The number of rotatable bonds is 5. The van der Waals surface area contributed by atoms with Gasteiger partial charge in [-0.05, 0) is 67.4 Å². The van der Waals surface area contributed by atoms with Gasteiger partial charge in [-0.25, -0.2) is 8.42 Å². The number of nitrogens with one attached hydrogen (secondary N) is 1. The Bertz CT molecular complexity index is 1240. The minimum Gasteiger partial charge on any atom is -0.495 e. The lowest BCUT2D eigenvalue weighted by Crippen LogP contribution is -2.36. The van der Waals surface area contributed by atoms with E-state index < -0.39 is 15.9 Å². The predicted octanol–water partition coefficient (Wildman–Crippen LogP) is 4.85. The highest BCUT2D eigenvalue weighted by Gasteiger charge is 2.37. The van der Waals surface area contributed by atoms with Crippen LogP contribution in [0.1, 0.15) is 22.8 Å². The van der Waals surface area contributed by atoms with Gasteiger partial charge in [0.1, 0.15) is 10.6 Å². The van der Waals surface area contributed by atoms with Gasteiger partial charge in [0, 0.05) is 21.8 Å². The molecular weight excluding hydrogens is 480 g/mol. The molecule has 0 saturated heterocycles. The number of fused-ring (bicyclic) bond motifs is 1. The van der Waals surface area contributed by atoms with Gasteiger partial charge >= 0.3 is 0 Å². The van der Waals surface area contributed by atoms with Crippen molar-refractivity contribution in [3.8, 4) is 5.75 Å². The molecule has 4 rings (SSSR count).